The molecule has 2 aliphatic heterocycles. The van der Waals surface area contributed by atoms with Crippen LogP contribution in [0.1, 0.15) is 41.7 Å². The molecule has 3 heterocycles. The van der Waals surface area contributed by atoms with E-state index >= 15 is 0 Å². The van der Waals surface area contributed by atoms with Gasteiger partial charge < -0.3 is 24.2 Å². The largest absolute Gasteiger partial charge is 0.417 e. The fourth-order valence-electron chi connectivity index (χ4n) is 4.92. The molecule has 10 nitrogen and oxygen atoms in total. The topological polar surface area (TPSA) is 129 Å². The second-order valence-corrected chi connectivity index (χ2v) is 10.4. The molecule has 1 aromatic heterocycles. The number of rotatable bonds is 12. The van der Waals surface area contributed by atoms with Gasteiger partial charge in [-0.05, 0) is 42.5 Å². The second kappa shape index (κ2) is 12.6. The SMILES string of the molecule is OCCOCCOC(O)C(c1cc(-c2ccc(C3CC3)cc2C(F)(F)F)no1)n1cc2nc(-c3cccc(F)c3F)nc-2cn1. The minimum absolute atomic E-state index is 0.0162. The van der Waals surface area contributed by atoms with Crippen LogP contribution in [-0.2, 0) is 15.7 Å². The molecule has 2 aromatic carbocycles. The number of alkyl halides is 3. The van der Waals surface area contributed by atoms with E-state index in [4.69, 9.17) is 19.1 Å². The maximum absolute atomic E-state index is 14.4. The van der Waals surface area contributed by atoms with E-state index in [9.17, 15) is 27.1 Å². The quantitative estimate of drug-likeness (QED) is 0.108. The summed E-state index contributed by atoms with van der Waals surface area (Å²) in [5.74, 6) is -2.31. The van der Waals surface area contributed by atoms with Gasteiger partial charge in [-0.15, -0.1) is 0 Å². The van der Waals surface area contributed by atoms with Gasteiger partial charge in [0.05, 0.1) is 49.9 Å². The zero-order chi connectivity index (χ0) is 31.7. The number of aromatic nitrogens is 5. The molecule has 0 amide bonds. The summed E-state index contributed by atoms with van der Waals surface area (Å²) in [5, 5.41) is 28.1. The van der Waals surface area contributed by atoms with Crippen molar-refractivity contribution >= 4 is 0 Å². The van der Waals surface area contributed by atoms with Gasteiger partial charge in [0.1, 0.15) is 17.1 Å². The minimum Gasteiger partial charge on any atom is -0.394 e. The molecule has 0 radical (unpaired) electrons. The average Bonchev–Trinajstić information content (AvgIpc) is 3.61. The van der Waals surface area contributed by atoms with E-state index in [0.717, 1.165) is 25.0 Å². The lowest BCUT2D eigenvalue weighted by Crippen LogP contribution is -2.30. The fraction of sp³-hybridized carbons (Fsp3) is 0.333. The molecule has 3 aromatic rings. The number of ether oxygens (including phenoxy) is 2. The van der Waals surface area contributed by atoms with Crippen LogP contribution in [0.4, 0.5) is 22.0 Å². The number of halogens is 5. The smallest absolute Gasteiger partial charge is 0.394 e. The van der Waals surface area contributed by atoms with Gasteiger partial charge in [-0.2, -0.15) is 18.3 Å². The zero-order valence-corrected chi connectivity index (χ0v) is 23.4. The third-order valence-corrected chi connectivity index (χ3v) is 7.28. The second-order valence-electron chi connectivity index (χ2n) is 10.4. The molecule has 236 valence electrons. The Bertz CT molecular complexity index is 1760. The molecule has 1 aliphatic carbocycles. The van der Waals surface area contributed by atoms with Gasteiger partial charge in [-0.3, -0.25) is 4.68 Å². The van der Waals surface area contributed by atoms with Gasteiger partial charge in [-0.25, -0.2) is 18.7 Å². The Hall–Kier alpha value is -4.31. The van der Waals surface area contributed by atoms with Crippen LogP contribution in [0.2, 0.25) is 0 Å². The number of aliphatic hydroxyl groups is 2. The van der Waals surface area contributed by atoms with Crippen molar-refractivity contribution in [2.75, 3.05) is 26.4 Å². The molecule has 2 N–H and O–H groups in total. The molecule has 2 unspecified atom stereocenters. The summed E-state index contributed by atoms with van der Waals surface area (Å²) in [7, 11) is 0. The molecule has 2 atom stereocenters. The molecule has 0 saturated heterocycles. The summed E-state index contributed by atoms with van der Waals surface area (Å²) in [5.41, 5.74) is -0.359. The van der Waals surface area contributed by atoms with Crippen LogP contribution in [0.5, 0.6) is 0 Å². The molecule has 1 fully saturated rings. The predicted octanol–water partition coefficient (Wildman–Crippen LogP) is 5.21. The van der Waals surface area contributed by atoms with Crippen LogP contribution in [0.15, 0.2) is 59.4 Å². The third-order valence-electron chi connectivity index (χ3n) is 7.28. The number of aliphatic hydroxyl groups excluding tert-OH is 2. The first-order valence-electron chi connectivity index (χ1n) is 14.0. The van der Waals surface area contributed by atoms with Crippen molar-refractivity contribution in [3.8, 4) is 34.0 Å². The van der Waals surface area contributed by atoms with Gasteiger partial charge in [0.2, 0.25) is 0 Å². The highest BCUT2D eigenvalue weighted by atomic mass is 19.4. The molecule has 0 bridgehead atoms. The first kappa shape index (κ1) is 30.7. The van der Waals surface area contributed by atoms with Crippen LogP contribution in [0.25, 0.3) is 34.0 Å². The van der Waals surface area contributed by atoms with Gasteiger partial charge in [-0.1, -0.05) is 23.4 Å². The number of imidazole rings is 1. The lowest BCUT2D eigenvalue weighted by molar-refractivity contribution is -0.137. The van der Waals surface area contributed by atoms with E-state index < -0.39 is 35.7 Å². The highest BCUT2D eigenvalue weighted by Crippen LogP contribution is 2.45. The normalized spacial score (nSPS) is 15.1. The van der Waals surface area contributed by atoms with Crippen LogP contribution < -0.4 is 0 Å². The molecule has 6 rings (SSSR count). The molecular weight excluding hydrogens is 605 g/mol. The summed E-state index contributed by atoms with van der Waals surface area (Å²) < 4.78 is 87.8. The van der Waals surface area contributed by atoms with Crippen LogP contribution in [-0.4, -0.2) is 67.8 Å². The van der Waals surface area contributed by atoms with Crippen LogP contribution in [0, 0.1) is 11.6 Å². The first-order chi connectivity index (χ1) is 21.6. The number of benzene rings is 2. The first-order valence-corrected chi connectivity index (χ1v) is 14.0. The Kier molecular flexibility index (Phi) is 8.59. The van der Waals surface area contributed by atoms with Gasteiger partial charge in [0, 0.05) is 11.6 Å². The molecular formula is C30H26F5N5O5. The van der Waals surface area contributed by atoms with Gasteiger partial charge >= 0.3 is 6.18 Å². The molecule has 15 heteroatoms. The molecule has 0 spiro atoms. The van der Waals surface area contributed by atoms with Crippen molar-refractivity contribution in [1.29, 1.82) is 0 Å². The fourth-order valence-corrected chi connectivity index (χ4v) is 4.92. The Balaban J connectivity index is 1.36. The number of fused-ring (bicyclic) bond motifs is 1. The van der Waals surface area contributed by atoms with Crippen LogP contribution in [0.3, 0.4) is 0 Å². The minimum atomic E-state index is -4.66. The third kappa shape index (κ3) is 6.56. The highest BCUT2D eigenvalue weighted by Gasteiger charge is 2.37. The van der Waals surface area contributed by atoms with E-state index in [1.165, 1.54) is 41.3 Å². The van der Waals surface area contributed by atoms with Crippen molar-refractivity contribution in [3.63, 3.8) is 0 Å². The standard InChI is InChI=1S/C30H26F5N5O5/c31-21-3-1-2-19(26(21)32)28-37-23-14-36-40(15-24(23)38-28)27(29(42)44-11-10-43-9-8-41)25-13-22(39-45-25)18-7-6-17(16-4-5-16)12-20(18)30(33,34)35/h1-3,6-7,12-16,27,29,41-42H,4-5,8-11H2. The Morgan fingerprint density at radius 3 is 2.53 bits per heavy atom. The lowest BCUT2D eigenvalue weighted by Gasteiger charge is -2.23. The van der Waals surface area contributed by atoms with Crippen molar-refractivity contribution in [3.05, 3.63) is 83.4 Å². The van der Waals surface area contributed by atoms with E-state index in [1.807, 2.05) is 0 Å². The summed E-state index contributed by atoms with van der Waals surface area (Å²) in [6.45, 7) is -0.272. The van der Waals surface area contributed by atoms with Crippen LogP contribution >= 0.6 is 0 Å². The van der Waals surface area contributed by atoms with Crippen molar-refractivity contribution in [2.45, 2.75) is 37.3 Å². The number of hydrogen-bond donors (Lipinski definition) is 2. The summed E-state index contributed by atoms with van der Waals surface area (Å²) in [6, 6.07) is 7.66. The number of hydrogen-bond acceptors (Lipinski definition) is 9. The maximum Gasteiger partial charge on any atom is 0.417 e. The van der Waals surface area contributed by atoms with E-state index in [-0.39, 0.29) is 72.1 Å². The Morgan fingerprint density at radius 1 is 0.978 bits per heavy atom. The maximum atomic E-state index is 14.4. The van der Waals surface area contributed by atoms with E-state index in [1.54, 1.807) is 6.07 Å². The molecule has 3 aliphatic rings. The monoisotopic (exact) mass is 631 g/mol. The Labute approximate surface area is 252 Å². The van der Waals surface area contributed by atoms with Crippen molar-refractivity contribution in [1.82, 2.24) is 24.9 Å². The van der Waals surface area contributed by atoms with Gasteiger partial charge in [0.25, 0.3) is 0 Å². The van der Waals surface area contributed by atoms with E-state index in [0.29, 0.717) is 5.56 Å². The molecule has 45 heavy (non-hydrogen) atoms. The number of nitrogens with zero attached hydrogens (tertiary/aromatic N) is 5. The summed E-state index contributed by atoms with van der Waals surface area (Å²) in [6.07, 6.45) is -2.07. The lowest BCUT2D eigenvalue weighted by atomic mass is 9.98. The summed E-state index contributed by atoms with van der Waals surface area (Å²) >= 11 is 0. The predicted molar refractivity (Wildman–Crippen MR) is 147 cm³/mol. The van der Waals surface area contributed by atoms with Gasteiger partial charge in [0.15, 0.2) is 35.6 Å². The average molecular weight is 632 g/mol. The van der Waals surface area contributed by atoms with E-state index in [2.05, 4.69) is 20.2 Å². The zero-order valence-electron chi connectivity index (χ0n) is 23.4. The van der Waals surface area contributed by atoms with Crippen molar-refractivity contribution in [2.24, 2.45) is 0 Å². The Morgan fingerprint density at radius 2 is 1.78 bits per heavy atom. The van der Waals surface area contributed by atoms with Crippen molar-refractivity contribution < 1.29 is 46.2 Å². The summed E-state index contributed by atoms with van der Waals surface area (Å²) in [4.78, 5) is 8.49. The highest BCUT2D eigenvalue weighted by molar-refractivity contribution is 5.67. The molecule has 1 saturated carbocycles.